The fraction of sp³-hybridized carbons (Fsp3) is 0.417. The predicted octanol–water partition coefficient (Wildman–Crippen LogP) is 0.880. The molecule has 2 atom stereocenters. The third-order valence-corrected chi connectivity index (χ3v) is 3.96. The van der Waals surface area contributed by atoms with Gasteiger partial charge >= 0.3 is 5.97 Å². The molecule has 2 nitrogen and oxygen atoms in total. The Hall–Kier alpha value is -0.455. The standard InChI is InChI=1S/C12H16BFO2P2/c1-5-9(17)7(14)6(13)8(10(5)18)16-11(15)12(2,3)4/h17-18H2,1-4H3. The van der Waals surface area contributed by atoms with Crippen LogP contribution in [-0.4, -0.2) is 13.8 Å². The number of esters is 1. The van der Waals surface area contributed by atoms with Gasteiger partial charge in [0, 0.05) is 10.6 Å². The third-order valence-electron chi connectivity index (χ3n) is 2.58. The fourth-order valence-corrected chi connectivity index (χ4v) is 2.07. The summed E-state index contributed by atoms with van der Waals surface area (Å²) in [7, 11) is 10.4. The molecule has 0 fully saturated rings. The van der Waals surface area contributed by atoms with E-state index in [0.717, 1.165) is 0 Å². The number of carbonyl (C=O) groups is 1. The first-order valence-electron chi connectivity index (χ1n) is 5.42. The van der Waals surface area contributed by atoms with E-state index in [-0.39, 0.29) is 11.2 Å². The summed E-state index contributed by atoms with van der Waals surface area (Å²) in [4.78, 5) is 11.8. The molecule has 0 aliphatic carbocycles. The first kappa shape index (κ1) is 15.6. The van der Waals surface area contributed by atoms with Crippen LogP contribution < -0.4 is 20.8 Å². The number of carbonyl (C=O) groups excluding carboxylic acids is 1. The molecule has 1 aromatic carbocycles. The average Bonchev–Trinajstić information content (AvgIpc) is 2.28. The maximum Gasteiger partial charge on any atom is 0.316 e. The lowest BCUT2D eigenvalue weighted by atomic mass is 9.92. The Labute approximate surface area is 113 Å². The largest absolute Gasteiger partial charge is 0.426 e. The molecule has 96 valence electrons. The van der Waals surface area contributed by atoms with Gasteiger partial charge in [0.15, 0.2) is 0 Å². The molecule has 0 spiro atoms. The summed E-state index contributed by atoms with van der Waals surface area (Å²) in [5.74, 6) is -0.935. The molecule has 2 unspecified atom stereocenters. The smallest absolute Gasteiger partial charge is 0.316 e. The van der Waals surface area contributed by atoms with Crippen molar-refractivity contribution in [2.24, 2.45) is 5.41 Å². The fourth-order valence-electron chi connectivity index (χ4n) is 1.23. The first-order chi connectivity index (χ1) is 8.07. The third kappa shape index (κ3) is 2.92. The van der Waals surface area contributed by atoms with Crippen molar-refractivity contribution < 1.29 is 13.9 Å². The molecule has 0 saturated carbocycles. The molecular formula is C12H16BFO2P2. The number of rotatable bonds is 1. The van der Waals surface area contributed by atoms with Crippen LogP contribution in [-0.2, 0) is 4.79 Å². The van der Waals surface area contributed by atoms with Crippen LogP contribution >= 0.6 is 18.5 Å². The molecule has 0 heterocycles. The van der Waals surface area contributed by atoms with Crippen molar-refractivity contribution in [2.45, 2.75) is 27.7 Å². The SMILES string of the molecule is [B]c1c(F)c(P)c(C)c(P)c1OC(=O)C(C)(C)C. The summed E-state index contributed by atoms with van der Waals surface area (Å²) >= 11 is 0. The van der Waals surface area contributed by atoms with Gasteiger partial charge in [0.1, 0.15) is 19.4 Å². The molecule has 0 aliphatic heterocycles. The number of hydrogen-bond acceptors (Lipinski definition) is 2. The van der Waals surface area contributed by atoms with Crippen LogP contribution in [0.15, 0.2) is 0 Å². The van der Waals surface area contributed by atoms with E-state index in [1.165, 1.54) is 0 Å². The van der Waals surface area contributed by atoms with Crippen LogP contribution in [0.2, 0.25) is 0 Å². The van der Waals surface area contributed by atoms with Crippen molar-refractivity contribution in [2.75, 3.05) is 0 Å². The summed E-state index contributed by atoms with van der Waals surface area (Å²) in [5.41, 5.74) is -0.144. The molecule has 1 aromatic rings. The molecule has 0 amide bonds. The Morgan fingerprint density at radius 1 is 1.28 bits per heavy atom. The molecule has 1 rings (SSSR count). The van der Waals surface area contributed by atoms with Gasteiger partial charge in [-0.1, -0.05) is 0 Å². The number of benzene rings is 1. The van der Waals surface area contributed by atoms with Crippen LogP contribution in [0.5, 0.6) is 5.75 Å². The monoisotopic (exact) mass is 284 g/mol. The highest BCUT2D eigenvalue weighted by Gasteiger charge is 2.26. The molecule has 18 heavy (non-hydrogen) atoms. The van der Waals surface area contributed by atoms with E-state index in [1.807, 2.05) is 0 Å². The molecule has 0 aliphatic rings. The molecule has 0 saturated heterocycles. The summed E-state index contributed by atoms with van der Waals surface area (Å²) in [5, 5.41) is 0.976. The van der Waals surface area contributed by atoms with Gasteiger partial charge in [-0.25, -0.2) is 4.39 Å². The summed E-state index contributed by atoms with van der Waals surface area (Å²) in [6.45, 7) is 6.91. The summed E-state index contributed by atoms with van der Waals surface area (Å²) in [6.07, 6.45) is 0. The number of halogens is 1. The second kappa shape index (κ2) is 5.27. The lowest BCUT2D eigenvalue weighted by Gasteiger charge is -2.21. The Morgan fingerprint density at radius 2 is 1.78 bits per heavy atom. The molecule has 6 heteroatoms. The van der Waals surface area contributed by atoms with Crippen LogP contribution in [0.4, 0.5) is 4.39 Å². The van der Waals surface area contributed by atoms with E-state index in [0.29, 0.717) is 16.2 Å². The zero-order chi connectivity index (χ0) is 14.2. The van der Waals surface area contributed by atoms with Gasteiger partial charge < -0.3 is 4.74 Å². The quantitative estimate of drug-likeness (QED) is 0.331. The van der Waals surface area contributed by atoms with Crippen LogP contribution in [0, 0.1) is 18.2 Å². The van der Waals surface area contributed by atoms with E-state index >= 15 is 0 Å². The van der Waals surface area contributed by atoms with Gasteiger partial charge in [-0.2, -0.15) is 0 Å². The topological polar surface area (TPSA) is 26.3 Å². The number of hydrogen-bond donors (Lipinski definition) is 0. The van der Waals surface area contributed by atoms with Gasteiger partial charge in [-0.05, 0) is 38.7 Å². The second-order valence-corrected chi connectivity index (χ2v) is 6.30. The van der Waals surface area contributed by atoms with Crippen molar-refractivity contribution in [3.63, 3.8) is 0 Å². The second-order valence-electron chi connectivity index (χ2n) is 5.15. The van der Waals surface area contributed by atoms with Gasteiger partial charge in [0.05, 0.1) is 5.41 Å². The Balaban J connectivity index is 3.31. The Kier molecular flexibility index (Phi) is 4.57. The van der Waals surface area contributed by atoms with Gasteiger partial charge in [-0.15, -0.1) is 18.5 Å². The maximum atomic E-state index is 13.8. The normalized spacial score (nSPS) is 11.5. The van der Waals surface area contributed by atoms with Crippen LogP contribution in [0.3, 0.4) is 0 Å². The summed E-state index contributed by atoms with van der Waals surface area (Å²) in [6, 6.07) is 0. The lowest BCUT2D eigenvalue weighted by molar-refractivity contribution is -0.142. The predicted molar refractivity (Wildman–Crippen MR) is 80.3 cm³/mol. The molecule has 0 N–H and O–H groups in total. The summed E-state index contributed by atoms with van der Waals surface area (Å²) < 4.78 is 19.1. The molecular weight excluding hydrogens is 268 g/mol. The van der Waals surface area contributed by atoms with E-state index < -0.39 is 17.2 Å². The van der Waals surface area contributed by atoms with E-state index in [4.69, 9.17) is 12.6 Å². The minimum Gasteiger partial charge on any atom is -0.426 e. The van der Waals surface area contributed by atoms with Crippen molar-refractivity contribution in [3.8, 4) is 5.75 Å². The van der Waals surface area contributed by atoms with Gasteiger partial charge in [-0.3, -0.25) is 4.79 Å². The highest BCUT2D eigenvalue weighted by atomic mass is 31.0. The molecule has 2 radical (unpaired) electrons. The zero-order valence-electron chi connectivity index (χ0n) is 10.9. The maximum absolute atomic E-state index is 13.8. The van der Waals surface area contributed by atoms with E-state index in [2.05, 4.69) is 18.5 Å². The number of ether oxygens (including phenoxy) is 1. The average molecular weight is 284 g/mol. The van der Waals surface area contributed by atoms with Gasteiger partial charge in [0.2, 0.25) is 0 Å². The molecule has 0 aromatic heterocycles. The highest BCUT2D eigenvalue weighted by Crippen LogP contribution is 2.20. The van der Waals surface area contributed by atoms with Crippen molar-refractivity contribution in [1.29, 1.82) is 0 Å². The lowest BCUT2D eigenvalue weighted by Crippen LogP contribution is -2.34. The van der Waals surface area contributed by atoms with Crippen molar-refractivity contribution in [1.82, 2.24) is 0 Å². The Bertz CT molecular complexity index is 481. The Morgan fingerprint density at radius 3 is 2.22 bits per heavy atom. The van der Waals surface area contributed by atoms with Crippen LogP contribution in [0.1, 0.15) is 26.3 Å². The first-order valence-corrected chi connectivity index (χ1v) is 6.57. The van der Waals surface area contributed by atoms with E-state index in [9.17, 15) is 9.18 Å². The minimum atomic E-state index is -0.673. The van der Waals surface area contributed by atoms with Gasteiger partial charge in [0.25, 0.3) is 0 Å². The zero-order valence-corrected chi connectivity index (χ0v) is 13.2. The van der Waals surface area contributed by atoms with Crippen molar-refractivity contribution in [3.05, 3.63) is 11.4 Å². The van der Waals surface area contributed by atoms with Crippen molar-refractivity contribution >= 4 is 48.4 Å². The molecule has 0 bridgehead atoms. The van der Waals surface area contributed by atoms with E-state index in [1.54, 1.807) is 27.7 Å². The van der Waals surface area contributed by atoms with Crippen LogP contribution in [0.25, 0.3) is 0 Å². The highest BCUT2D eigenvalue weighted by molar-refractivity contribution is 7.30. The minimum absolute atomic E-state index is 0.0844.